The van der Waals surface area contributed by atoms with Gasteiger partial charge in [0.25, 0.3) is 0 Å². The lowest BCUT2D eigenvalue weighted by Crippen LogP contribution is -2.14. The van der Waals surface area contributed by atoms with E-state index in [0.717, 1.165) is 0 Å². The molecule has 1 aliphatic rings. The van der Waals surface area contributed by atoms with E-state index in [0.29, 0.717) is 17.7 Å². The smallest absolute Gasteiger partial charge is 0.416 e. The molecule has 0 aliphatic carbocycles. The Morgan fingerprint density at radius 1 is 0.852 bits per heavy atom. The van der Waals surface area contributed by atoms with Gasteiger partial charge in [-0.25, -0.2) is 0 Å². The number of carbonyl (C=O) groups excluding carboxylic acids is 1. The summed E-state index contributed by atoms with van der Waals surface area (Å²) in [6.07, 6.45) is -11.3. The molecule has 1 aliphatic heterocycles. The quantitative estimate of drug-likeness (QED) is 0.761. The molecule has 3 nitrogen and oxygen atoms in total. The van der Waals surface area contributed by atoms with Gasteiger partial charge < -0.3 is 10.5 Å². The highest BCUT2D eigenvalue weighted by Crippen LogP contribution is 2.41. The summed E-state index contributed by atoms with van der Waals surface area (Å²) in [5, 5.41) is 0. The average molecular weight is 387 g/mol. The lowest BCUT2D eigenvalue weighted by atomic mass is 9.94. The van der Waals surface area contributed by atoms with E-state index in [1.54, 1.807) is 18.2 Å². The number of halogens is 6. The van der Waals surface area contributed by atoms with E-state index >= 15 is 0 Å². The summed E-state index contributed by atoms with van der Waals surface area (Å²) in [6.45, 7) is 0. The first kappa shape index (κ1) is 18.8. The van der Waals surface area contributed by atoms with Crippen LogP contribution in [-0.2, 0) is 21.9 Å². The Labute approximate surface area is 149 Å². The number of alkyl halides is 6. The largest absolute Gasteiger partial charge is 0.462 e. The molecular formula is C18H11F6NO2. The Bertz CT molecular complexity index is 883. The van der Waals surface area contributed by atoms with Gasteiger partial charge in [0.2, 0.25) is 5.78 Å². The fraction of sp³-hybridized carbons (Fsp3) is 0.167. The molecule has 1 heterocycles. The van der Waals surface area contributed by atoms with E-state index < -0.39 is 52.4 Å². The Kier molecular flexibility index (Phi) is 4.41. The van der Waals surface area contributed by atoms with Gasteiger partial charge in [0.15, 0.2) is 12.0 Å². The summed E-state index contributed by atoms with van der Waals surface area (Å²) in [5.74, 6) is -1.34. The highest BCUT2D eigenvalue weighted by molar-refractivity contribution is 6.25. The summed E-state index contributed by atoms with van der Waals surface area (Å²) in [4.78, 5) is 12.6. The second kappa shape index (κ2) is 6.33. The van der Waals surface area contributed by atoms with Crippen LogP contribution < -0.4 is 5.73 Å². The molecule has 0 spiro atoms. The van der Waals surface area contributed by atoms with Gasteiger partial charge >= 0.3 is 12.4 Å². The van der Waals surface area contributed by atoms with E-state index in [9.17, 15) is 31.1 Å². The number of ether oxygens (including phenoxy) is 1. The summed E-state index contributed by atoms with van der Waals surface area (Å²) in [7, 11) is 0. The van der Waals surface area contributed by atoms with Crippen molar-refractivity contribution in [2.24, 2.45) is 5.73 Å². The standard InChI is InChI=1S/C18H11F6NO2/c19-17(20,21)11-6-10(7-12(8-11)18(22,23)24)13-14(26)15(27-16(13)25)9-4-2-1-3-5-9/h1-8,15H,25H2. The molecule has 2 N–H and O–H groups in total. The van der Waals surface area contributed by atoms with Gasteiger partial charge in [-0.3, -0.25) is 4.79 Å². The van der Waals surface area contributed by atoms with Crippen LogP contribution in [0.15, 0.2) is 54.4 Å². The fourth-order valence-corrected chi connectivity index (χ4v) is 2.72. The van der Waals surface area contributed by atoms with Crippen LogP contribution in [-0.4, -0.2) is 5.78 Å². The summed E-state index contributed by atoms with van der Waals surface area (Å²) in [6, 6.07) is 8.83. The van der Waals surface area contributed by atoms with Crippen molar-refractivity contribution in [2.45, 2.75) is 18.5 Å². The molecular weight excluding hydrogens is 376 g/mol. The van der Waals surface area contributed by atoms with Crippen LogP contribution >= 0.6 is 0 Å². The van der Waals surface area contributed by atoms with Crippen LogP contribution in [0.4, 0.5) is 26.3 Å². The normalized spacial score (nSPS) is 18.0. The van der Waals surface area contributed by atoms with Crippen molar-refractivity contribution >= 4 is 11.4 Å². The average Bonchev–Trinajstić information content (AvgIpc) is 2.88. The van der Waals surface area contributed by atoms with Crippen molar-refractivity contribution in [3.05, 3.63) is 76.7 Å². The molecule has 3 rings (SSSR count). The molecule has 0 aromatic heterocycles. The summed E-state index contributed by atoms with van der Waals surface area (Å²) in [5.41, 5.74) is 1.81. The van der Waals surface area contributed by atoms with Gasteiger partial charge in [-0.05, 0) is 23.8 Å². The molecule has 0 amide bonds. The third-order valence-electron chi connectivity index (χ3n) is 3.95. The van der Waals surface area contributed by atoms with E-state index in [1.807, 2.05) is 0 Å². The zero-order valence-corrected chi connectivity index (χ0v) is 13.4. The summed E-state index contributed by atoms with van der Waals surface area (Å²) < 4.78 is 83.4. The Hall–Kier alpha value is -2.97. The third-order valence-corrected chi connectivity index (χ3v) is 3.95. The van der Waals surface area contributed by atoms with Crippen molar-refractivity contribution < 1.29 is 35.9 Å². The lowest BCUT2D eigenvalue weighted by molar-refractivity contribution is -0.143. The first-order valence-corrected chi connectivity index (χ1v) is 7.54. The second-order valence-corrected chi connectivity index (χ2v) is 5.81. The van der Waals surface area contributed by atoms with Crippen molar-refractivity contribution in [3.63, 3.8) is 0 Å². The van der Waals surface area contributed by atoms with Crippen molar-refractivity contribution in [2.75, 3.05) is 0 Å². The number of hydrogen-bond donors (Lipinski definition) is 1. The third kappa shape index (κ3) is 3.62. The van der Waals surface area contributed by atoms with Crippen LogP contribution in [0.25, 0.3) is 5.57 Å². The highest BCUT2D eigenvalue weighted by atomic mass is 19.4. The van der Waals surface area contributed by atoms with Gasteiger partial charge in [-0.15, -0.1) is 0 Å². The maximum atomic E-state index is 13.0. The summed E-state index contributed by atoms with van der Waals surface area (Å²) >= 11 is 0. The molecule has 142 valence electrons. The maximum Gasteiger partial charge on any atom is 0.416 e. The van der Waals surface area contributed by atoms with Crippen LogP contribution in [0.3, 0.4) is 0 Å². The van der Waals surface area contributed by atoms with Gasteiger partial charge in [0, 0.05) is 5.56 Å². The Morgan fingerprint density at radius 2 is 1.37 bits per heavy atom. The number of hydrogen-bond acceptors (Lipinski definition) is 3. The Morgan fingerprint density at radius 3 is 1.85 bits per heavy atom. The van der Waals surface area contributed by atoms with Gasteiger partial charge in [0.05, 0.1) is 16.7 Å². The van der Waals surface area contributed by atoms with E-state index in [-0.39, 0.29) is 6.07 Å². The topological polar surface area (TPSA) is 52.3 Å². The van der Waals surface area contributed by atoms with Crippen LogP contribution in [0.1, 0.15) is 28.4 Å². The number of benzene rings is 2. The zero-order valence-electron chi connectivity index (χ0n) is 13.4. The second-order valence-electron chi connectivity index (χ2n) is 5.81. The number of ketones is 1. The molecule has 0 saturated heterocycles. The van der Waals surface area contributed by atoms with Gasteiger partial charge in [0.1, 0.15) is 0 Å². The van der Waals surface area contributed by atoms with Crippen molar-refractivity contribution in [1.29, 1.82) is 0 Å². The van der Waals surface area contributed by atoms with Gasteiger partial charge in [-0.2, -0.15) is 26.3 Å². The Balaban J connectivity index is 2.10. The first-order valence-electron chi connectivity index (χ1n) is 7.54. The van der Waals surface area contributed by atoms with Crippen molar-refractivity contribution in [3.8, 4) is 0 Å². The molecule has 1 atom stereocenters. The lowest BCUT2D eigenvalue weighted by Gasteiger charge is -2.14. The zero-order chi connectivity index (χ0) is 20.0. The number of nitrogens with two attached hydrogens (primary N) is 1. The molecule has 0 bridgehead atoms. The first-order chi connectivity index (χ1) is 12.5. The van der Waals surface area contributed by atoms with Crippen LogP contribution in [0.5, 0.6) is 0 Å². The molecule has 0 saturated carbocycles. The molecule has 27 heavy (non-hydrogen) atoms. The molecule has 0 fully saturated rings. The monoisotopic (exact) mass is 387 g/mol. The van der Waals surface area contributed by atoms with Crippen LogP contribution in [0, 0.1) is 0 Å². The van der Waals surface area contributed by atoms with Crippen molar-refractivity contribution in [1.82, 2.24) is 0 Å². The molecule has 1 unspecified atom stereocenters. The van der Waals surface area contributed by atoms with E-state index in [1.165, 1.54) is 12.1 Å². The fourth-order valence-electron chi connectivity index (χ4n) is 2.72. The van der Waals surface area contributed by atoms with E-state index in [4.69, 9.17) is 10.5 Å². The SMILES string of the molecule is NC1=C(c2cc(C(F)(F)F)cc(C(F)(F)F)c2)C(=O)C(c2ccccc2)O1. The molecule has 0 radical (unpaired) electrons. The minimum Gasteiger partial charge on any atom is -0.462 e. The predicted molar refractivity (Wildman–Crippen MR) is 82.8 cm³/mol. The molecule has 2 aromatic rings. The maximum absolute atomic E-state index is 13.0. The number of Topliss-reactive ketones (excluding diaryl/α,β-unsaturated/α-hetero) is 1. The number of carbonyl (C=O) groups is 1. The molecule has 2 aromatic carbocycles. The predicted octanol–water partition coefficient (Wildman–Crippen LogP) is 4.69. The van der Waals surface area contributed by atoms with Gasteiger partial charge in [-0.1, -0.05) is 30.3 Å². The molecule has 9 heteroatoms. The number of rotatable bonds is 2. The minimum absolute atomic E-state index is 0.0186. The van der Waals surface area contributed by atoms with E-state index in [2.05, 4.69) is 0 Å². The minimum atomic E-state index is -5.04. The van der Waals surface area contributed by atoms with Crippen LogP contribution in [0.2, 0.25) is 0 Å². The highest BCUT2D eigenvalue weighted by Gasteiger charge is 2.40.